The quantitative estimate of drug-likeness (QED) is 0.314. The van der Waals surface area contributed by atoms with Crippen molar-refractivity contribution in [3.8, 4) is 5.75 Å². The number of nitrogens with zero attached hydrogens (tertiary/aromatic N) is 1. The summed E-state index contributed by atoms with van der Waals surface area (Å²) in [5, 5.41) is 10.9. The molecule has 29 heavy (non-hydrogen) atoms. The van der Waals surface area contributed by atoms with Gasteiger partial charge in [0, 0.05) is 22.6 Å². The van der Waals surface area contributed by atoms with Gasteiger partial charge >= 0.3 is 0 Å². The van der Waals surface area contributed by atoms with Crippen molar-refractivity contribution in [2.24, 2.45) is 0 Å². The zero-order valence-electron chi connectivity index (χ0n) is 17.3. The van der Waals surface area contributed by atoms with Gasteiger partial charge in [0.15, 0.2) is 0 Å². The van der Waals surface area contributed by atoms with Crippen LogP contribution in [-0.2, 0) is 5.60 Å². The van der Waals surface area contributed by atoms with E-state index in [2.05, 4.69) is 34.5 Å². The fourth-order valence-electron chi connectivity index (χ4n) is 3.25. The lowest BCUT2D eigenvalue weighted by Gasteiger charge is -2.25. The molecule has 0 bridgehead atoms. The van der Waals surface area contributed by atoms with Gasteiger partial charge in [-0.25, -0.2) is 4.39 Å². The first-order chi connectivity index (χ1) is 13.8. The summed E-state index contributed by atoms with van der Waals surface area (Å²) in [6.45, 7) is 7.88. The van der Waals surface area contributed by atoms with Gasteiger partial charge in [0.25, 0.3) is 0 Å². The molecule has 0 radical (unpaired) electrons. The Labute approximate surface area is 182 Å². The van der Waals surface area contributed by atoms with Gasteiger partial charge in [0.2, 0.25) is 0 Å². The Morgan fingerprint density at radius 3 is 2.48 bits per heavy atom. The van der Waals surface area contributed by atoms with Gasteiger partial charge < -0.3 is 14.7 Å². The van der Waals surface area contributed by atoms with Crippen molar-refractivity contribution >= 4 is 15.9 Å². The maximum absolute atomic E-state index is 14.7. The van der Waals surface area contributed by atoms with E-state index in [0.29, 0.717) is 17.9 Å². The molecule has 2 rings (SSSR count). The van der Waals surface area contributed by atoms with E-state index in [0.717, 1.165) is 43.2 Å². The highest BCUT2D eigenvalue weighted by Crippen LogP contribution is 2.33. The SMILES string of the molecule is C=CCN(C)CCCCCCOc1ccc([C@@](C)(O)c2ccc(Br)cc2)c(F)c1. The minimum Gasteiger partial charge on any atom is -0.493 e. The Morgan fingerprint density at radius 1 is 1.14 bits per heavy atom. The van der Waals surface area contributed by atoms with E-state index in [9.17, 15) is 9.50 Å². The molecule has 0 aliphatic heterocycles. The molecule has 2 aromatic rings. The molecule has 0 saturated heterocycles. The number of hydrogen-bond donors (Lipinski definition) is 1. The van der Waals surface area contributed by atoms with E-state index in [1.54, 1.807) is 31.2 Å². The number of halogens is 2. The lowest BCUT2D eigenvalue weighted by atomic mass is 9.88. The Morgan fingerprint density at radius 2 is 1.83 bits per heavy atom. The second-order valence-electron chi connectivity index (χ2n) is 7.53. The average Bonchev–Trinajstić information content (AvgIpc) is 2.67. The summed E-state index contributed by atoms with van der Waals surface area (Å²) in [5.74, 6) is 0.0178. The normalized spacial score (nSPS) is 13.3. The highest BCUT2D eigenvalue weighted by molar-refractivity contribution is 9.10. The fraction of sp³-hybridized carbons (Fsp3) is 0.417. The van der Waals surface area contributed by atoms with Crippen molar-refractivity contribution < 1.29 is 14.2 Å². The summed E-state index contributed by atoms with van der Waals surface area (Å²) in [5.41, 5.74) is -0.551. The highest BCUT2D eigenvalue weighted by Gasteiger charge is 2.29. The topological polar surface area (TPSA) is 32.7 Å². The zero-order chi connectivity index (χ0) is 21.3. The van der Waals surface area contributed by atoms with E-state index < -0.39 is 11.4 Å². The minimum atomic E-state index is -1.41. The van der Waals surface area contributed by atoms with Crippen LogP contribution >= 0.6 is 15.9 Å². The van der Waals surface area contributed by atoms with Crippen LogP contribution in [0.1, 0.15) is 43.7 Å². The van der Waals surface area contributed by atoms with Crippen LogP contribution in [0.3, 0.4) is 0 Å². The number of hydrogen-bond acceptors (Lipinski definition) is 3. The summed E-state index contributed by atoms with van der Waals surface area (Å²) in [6, 6.07) is 11.9. The van der Waals surface area contributed by atoms with Crippen molar-refractivity contribution in [3.63, 3.8) is 0 Å². The molecule has 0 aliphatic carbocycles. The molecule has 158 valence electrons. The van der Waals surface area contributed by atoms with Gasteiger partial charge in [0.1, 0.15) is 17.2 Å². The molecule has 2 aromatic carbocycles. The third-order valence-electron chi connectivity index (χ3n) is 5.02. The minimum absolute atomic E-state index is 0.232. The molecule has 0 aromatic heterocycles. The van der Waals surface area contributed by atoms with Crippen LogP contribution in [0.25, 0.3) is 0 Å². The van der Waals surface area contributed by atoms with Crippen LogP contribution in [0.2, 0.25) is 0 Å². The number of rotatable bonds is 12. The molecular formula is C24H31BrFNO2. The molecule has 3 nitrogen and oxygen atoms in total. The monoisotopic (exact) mass is 463 g/mol. The molecule has 1 atom stereocenters. The van der Waals surface area contributed by atoms with E-state index in [1.165, 1.54) is 6.07 Å². The third-order valence-corrected chi connectivity index (χ3v) is 5.54. The second-order valence-corrected chi connectivity index (χ2v) is 8.45. The maximum atomic E-state index is 14.7. The van der Waals surface area contributed by atoms with Crippen molar-refractivity contribution in [1.82, 2.24) is 4.90 Å². The van der Waals surface area contributed by atoms with Crippen molar-refractivity contribution in [2.45, 2.75) is 38.2 Å². The number of ether oxygens (including phenoxy) is 1. The van der Waals surface area contributed by atoms with Crippen LogP contribution in [0, 0.1) is 5.82 Å². The van der Waals surface area contributed by atoms with Gasteiger partial charge in [-0.15, -0.1) is 6.58 Å². The second kappa shape index (κ2) is 11.5. The smallest absolute Gasteiger partial charge is 0.133 e. The number of likely N-dealkylation sites (N-methyl/N-ethyl adjacent to an activating group) is 1. The Hall–Kier alpha value is -1.69. The van der Waals surface area contributed by atoms with Gasteiger partial charge in [-0.3, -0.25) is 0 Å². The van der Waals surface area contributed by atoms with E-state index >= 15 is 0 Å². The fourth-order valence-corrected chi connectivity index (χ4v) is 3.51. The van der Waals surface area contributed by atoms with Crippen LogP contribution in [0.15, 0.2) is 59.6 Å². The molecule has 0 fully saturated rings. The number of benzene rings is 2. The molecule has 1 N–H and O–H groups in total. The van der Waals surface area contributed by atoms with E-state index in [4.69, 9.17) is 4.74 Å². The molecule has 0 spiro atoms. The maximum Gasteiger partial charge on any atom is 0.133 e. The van der Waals surface area contributed by atoms with Gasteiger partial charge in [-0.2, -0.15) is 0 Å². The molecule has 0 saturated carbocycles. The summed E-state index contributed by atoms with van der Waals surface area (Å²) >= 11 is 3.37. The van der Waals surface area contributed by atoms with Gasteiger partial charge in [-0.05, 0) is 63.2 Å². The Kier molecular flexibility index (Phi) is 9.34. The molecule has 0 amide bonds. The largest absolute Gasteiger partial charge is 0.493 e. The Balaban J connectivity index is 1.82. The standard InChI is InChI=1S/C24H31BrFNO2/c1-4-15-27(3)16-7-5-6-8-17-29-21-13-14-22(23(26)18-21)24(2,28)19-9-11-20(25)12-10-19/h4,9-14,18,28H,1,5-8,15-17H2,2-3H3/t24-/m0/s1. The first kappa shape index (κ1) is 23.6. The van der Waals surface area contributed by atoms with E-state index in [1.807, 2.05) is 18.2 Å². The lowest BCUT2D eigenvalue weighted by molar-refractivity contribution is 0.0978. The van der Waals surface area contributed by atoms with Crippen molar-refractivity contribution in [1.29, 1.82) is 0 Å². The average molecular weight is 464 g/mol. The molecule has 0 aliphatic rings. The van der Waals surface area contributed by atoms with Crippen LogP contribution in [0.5, 0.6) is 5.75 Å². The Bertz CT molecular complexity index is 777. The summed E-state index contributed by atoms with van der Waals surface area (Å²) < 4.78 is 21.3. The summed E-state index contributed by atoms with van der Waals surface area (Å²) in [6.07, 6.45) is 6.23. The molecule has 0 heterocycles. The lowest BCUT2D eigenvalue weighted by Crippen LogP contribution is -2.24. The van der Waals surface area contributed by atoms with Gasteiger partial charge in [-0.1, -0.05) is 47.0 Å². The highest BCUT2D eigenvalue weighted by atomic mass is 79.9. The summed E-state index contributed by atoms with van der Waals surface area (Å²) in [7, 11) is 2.09. The predicted molar refractivity (Wildman–Crippen MR) is 121 cm³/mol. The van der Waals surface area contributed by atoms with Crippen molar-refractivity contribution in [3.05, 3.63) is 76.5 Å². The van der Waals surface area contributed by atoms with Crippen molar-refractivity contribution in [2.75, 3.05) is 26.7 Å². The third kappa shape index (κ3) is 7.25. The van der Waals surface area contributed by atoms with Gasteiger partial charge in [0.05, 0.1) is 6.61 Å². The van der Waals surface area contributed by atoms with Crippen LogP contribution < -0.4 is 4.74 Å². The first-order valence-corrected chi connectivity index (χ1v) is 10.8. The van der Waals surface area contributed by atoms with E-state index in [-0.39, 0.29) is 5.56 Å². The summed E-state index contributed by atoms with van der Waals surface area (Å²) in [4.78, 5) is 2.25. The predicted octanol–water partition coefficient (Wildman–Crippen LogP) is 5.90. The zero-order valence-corrected chi connectivity index (χ0v) is 18.9. The molecule has 5 heteroatoms. The molecule has 0 unspecified atom stereocenters. The first-order valence-electron chi connectivity index (χ1n) is 10.0. The number of unbranched alkanes of at least 4 members (excludes halogenated alkanes) is 3. The number of aliphatic hydroxyl groups is 1. The molecular weight excluding hydrogens is 433 g/mol. The van der Waals surface area contributed by atoms with Crippen LogP contribution in [-0.4, -0.2) is 36.8 Å². The van der Waals surface area contributed by atoms with Crippen LogP contribution in [0.4, 0.5) is 4.39 Å².